The highest BCUT2D eigenvalue weighted by Gasteiger charge is 2.56. The Kier molecular flexibility index (Phi) is 10.8. The van der Waals surface area contributed by atoms with Crippen LogP contribution in [-0.4, -0.2) is 110 Å². The number of imide groups is 1. The molecule has 0 spiro atoms. The number of fused-ring (bicyclic) bond motifs is 6. The minimum absolute atomic E-state index is 0.122. The maximum Gasteiger partial charge on any atom is 0.230 e. The van der Waals surface area contributed by atoms with Crippen LogP contribution in [-0.2, 0) is 19.2 Å². The molecule has 4 bridgehead atoms. The van der Waals surface area contributed by atoms with Crippen LogP contribution in [0.1, 0.15) is 51.4 Å². The first-order valence-corrected chi connectivity index (χ1v) is 15.5. The zero-order valence-corrected chi connectivity index (χ0v) is 25.2. The Morgan fingerprint density at radius 2 is 1.00 bits per heavy atom. The van der Waals surface area contributed by atoms with Crippen molar-refractivity contribution in [3.63, 3.8) is 0 Å². The van der Waals surface area contributed by atoms with Crippen LogP contribution in [0, 0.1) is 47.3 Å². The summed E-state index contributed by atoms with van der Waals surface area (Å²) < 4.78 is 0. The Morgan fingerprint density at radius 3 is 1.34 bits per heavy atom. The third kappa shape index (κ3) is 7.29. The first-order valence-electron chi connectivity index (χ1n) is 15.5. The van der Waals surface area contributed by atoms with Crippen LogP contribution >= 0.6 is 0 Å². The van der Waals surface area contributed by atoms with Gasteiger partial charge >= 0.3 is 0 Å². The first kappa shape index (κ1) is 31.8. The number of hydrogen-bond acceptors (Lipinski definition) is 8. The van der Waals surface area contributed by atoms with Gasteiger partial charge in [-0.25, -0.2) is 0 Å². The van der Waals surface area contributed by atoms with Crippen molar-refractivity contribution in [1.29, 1.82) is 0 Å². The van der Waals surface area contributed by atoms with Gasteiger partial charge in [0.05, 0.1) is 35.9 Å². The average molecular weight is 578 g/mol. The summed E-state index contributed by atoms with van der Waals surface area (Å²) in [6.07, 6.45) is 3.94. The van der Waals surface area contributed by atoms with Crippen molar-refractivity contribution in [3.05, 3.63) is 0 Å². The van der Waals surface area contributed by atoms with Crippen molar-refractivity contribution in [2.24, 2.45) is 47.3 Å². The number of nitrogens with zero attached hydrogens (tertiary/aromatic N) is 2. The normalized spacial score (nSPS) is 35.9. The topological polar surface area (TPSA) is 151 Å². The summed E-state index contributed by atoms with van der Waals surface area (Å²) in [7, 11) is 7.88. The average Bonchev–Trinajstić information content (AvgIpc) is 2.92. The summed E-state index contributed by atoms with van der Waals surface area (Å²) in [5.41, 5.74) is 0. The van der Waals surface area contributed by atoms with Gasteiger partial charge in [-0.2, -0.15) is 0 Å². The standard InChI is InChI=1S/C30H51N5O6/c1-34(2)13-5-11-31-27(38)23-17-7-9-19(21(36)15-17)25(23)29(40)33-30(41)26-20-10-8-18(16-22(20)37)24(26)28(39)32-12-6-14-35(3)4/h17-26,36-37H,5-16H2,1-4H3,(H,31,38)(H,32,39)(H,33,40,41)/t17-,18-,19?,20?,21?,22?,23-,24-,25?,26?/m1/s1. The maximum atomic E-state index is 13.8. The lowest BCUT2D eigenvalue weighted by molar-refractivity contribution is -0.162. The van der Waals surface area contributed by atoms with Crippen LogP contribution in [0.3, 0.4) is 0 Å². The number of aliphatic hydroxyl groups excluding tert-OH is 2. The van der Waals surface area contributed by atoms with Crippen LogP contribution in [0.5, 0.6) is 0 Å². The molecule has 6 aliphatic carbocycles. The SMILES string of the molecule is CN(C)CCCNC(=O)[C@H]1C(C(=O)NC(=O)C2C3CC[C@H](CC3O)[C@H]2C(=O)NCCCN(C)C)C2CC[C@@H]1CC2O. The molecule has 6 unspecified atom stereocenters. The number of rotatable bonds is 12. The molecule has 0 radical (unpaired) electrons. The molecule has 0 saturated heterocycles. The zero-order valence-electron chi connectivity index (χ0n) is 25.2. The van der Waals surface area contributed by atoms with E-state index >= 15 is 0 Å². The minimum Gasteiger partial charge on any atom is -0.393 e. The Bertz CT molecular complexity index is 886. The Morgan fingerprint density at radius 1 is 0.610 bits per heavy atom. The van der Waals surface area contributed by atoms with Gasteiger partial charge in [0.1, 0.15) is 0 Å². The van der Waals surface area contributed by atoms with Gasteiger partial charge in [0.2, 0.25) is 23.6 Å². The Balaban J connectivity index is 1.46. The molecule has 11 nitrogen and oxygen atoms in total. The van der Waals surface area contributed by atoms with Crippen molar-refractivity contribution in [2.45, 2.75) is 63.6 Å². The quantitative estimate of drug-likeness (QED) is 0.158. The van der Waals surface area contributed by atoms with Crippen LogP contribution < -0.4 is 16.0 Å². The van der Waals surface area contributed by atoms with E-state index in [-0.39, 0.29) is 23.7 Å². The van der Waals surface area contributed by atoms with E-state index in [0.717, 1.165) is 38.8 Å². The summed E-state index contributed by atoms with van der Waals surface area (Å²) in [5, 5.41) is 30.1. The Hall–Kier alpha value is -2.08. The molecule has 11 heteroatoms. The molecule has 0 aromatic carbocycles. The summed E-state index contributed by atoms with van der Waals surface area (Å²) in [6, 6.07) is 0. The molecule has 6 fully saturated rings. The smallest absolute Gasteiger partial charge is 0.230 e. The molecule has 5 N–H and O–H groups in total. The van der Waals surface area contributed by atoms with Crippen molar-refractivity contribution in [3.8, 4) is 0 Å². The molecular weight excluding hydrogens is 526 g/mol. The summed E-state index contributed by atoms with van der Waals surface area (Å²) in [5.74, 6) is -5.33. The van der Waals surface area contributed by atoms with Gasteiger partial charge in [0, 0.05) is 13.1 Å². The fraction of sp³-hybridized carbons (Fsp3) is 0.867. The summed E-state index contributed by atoms with van der Waals surface area (Å²) in [6.45, 7) is 2.64. The van der Waals surface area contributed by atoms with E-state index in [4.69, 9.17) is 0 Å². The second kappa shape index (κ2) is 13.9. The van der Waals surface area contributed by atoms with Gasteiger partial charge in [-0.1, -0.05) is 0 Å². The minimum atomic E-state index is -0.806. The monoisotopic (exact) mass is 577 g/mol. The number of carbonyl (C=O) groups excluding carboxylic acids is 4. The molecule has 0 aromatic heterocycles. The third-order valence-electron chi connectivity index (χ3n) is 10.2. The number of nitrogens with one attached hydrogen (secondary N) is 3. The lowest BCUT2D eigenvalue weighted by atomic mass is 9.56. The second-order valence-corrected chi connectivity index (χ2v) is 13.5. The van der Waals surface area contributed by atoms with E-state index in [1.807, 2.05) is 38.0 Å². The molecule has 0 heterocycles. The van der Waals surface area contributed by atoms with Gasteiger partial charge in [-0.05, 0) is 116 Å². The van der Waals surface area contributed by atoms with E-state index in [1.165, 1.54) is 0 Å². The highest BCUT2D eigenvalue weighted by Crippen LogP contribution is 2.51. The molecule has 41 heavy (non-hydrogen) atoms. The van der Waals surface area contributed by atoms with Crippen molar-refractivity contribution < 1.29 is 29.4 Å². The van der Waals surface area contributed by atoms with E-state index in [1.54, 1.807) is 0 Å². The molecular formula is C30H51N5O6. The summed E-state index contributed by atoms with van der Waals surface area (Å²) in [4.78, 5) is 58.3. The lowest BCUT2D eigenvalue weighted by Crippen LogP contribution is -2.61. The second-order valence-electron chi connectivity index (χ2n) is 13.5. The number of carbonyl (C=O) groups is 4. The molecule has 6 aliphatic rings. The highest BCUT2D eigenvalue weighted by atomic mass is 16.3. The van der Waals surface area contributed by atoms with Crippen molar-refractivity contribution in [1.82, 2.24) is 25.8 Å². The van der Waals surface area contributed by atoms with Crippen LogP contribution in [0.2, 0.25) is 0 Å². The fourth-order valence-corrected chi connectivity index (χ4v) is 8.22. The lowest BCUT2D eigenvalue weighted by Gasteiger charge is -2.50. The van der Waals surface area contributed by atoms with Gasteiger partial charge < -0.3 is 30.6 Å². The van der Waals surface area contributed by atoms with Gasteiger partial charge in [-0.15, -0.1) is 0 Å². The van der Waals surface area contributed by atoms with E-state index in [9.17, 15) is 29.4 Å². The zero-order chi connectivity index (χ0) is 29.8. The van der Waals surface area contributed by atoms with Crippen LogP contribution in [0.15, 0.2) is 0 Å². The molecule has 0 aromatic rings. The molecule has 232 valence electrons. The predicted molar refractivity (Wildman–Crippen MR) is 153 cm³/mol. The summed E-state index contributed by atoms with van der Waals surface area (Å²) >= 11 is 0. The van der Waals surface area contributed by atoms with Gasteiger partial charge in [-0.3, -0.25) is 24.5 Å². The molecule has 10 atom stereocenters. The highest BCUT2D eigenvalue weighted by molar-refractivity contribution is 6.01. The number of aliphatic hydroxyl groups is 2. The van der Waals surface area contributed by atoms with Crippen molar-refractivity contribution >= 4 is 23.6 Å². The fourth-order valence-electron chi connectivity index (χ4n) is 8.22. The maximum absolute atomic E-state index is 13.8. The Labute approximate surface area is 244 Å². The molecule has 0 aliphatic heterocycles. The largest absolute Gasteiger partial charge is 0.393 e. The van der Waals surface area contributed by atoms with E-state index in [2.05, 4.69) is 16.0 Å². The number of amides is 4. The first-order chi connectivity index (χ1) is 19.5. The van der Waals surface area contributed by atoms with Crippen molar-refractivity contribution in [2.75, 3.05) is 54.4 Å². The van der Waals surface area contributed by atoms with E-state index < -0.39 is 59.5 Å². The third-order valence-corrected chi connectivity index (χ3v) is 10.2. The van der Waals surface area contributed by atoms with Gasteiger partial charge in [0.25, 0.3) is 0 Å². The number of hydrogen-bond donors (Lipinski definition) is 5. The molecule has 4 amide bonds. The predicted octanol–water partition coefficient (Wildman–Crippen LogP) is -0.189. The molecule has 6 rings (SSSR count). The molecule has 6 saturated carbocycles. The van der Waals surface area contributed by atoms with Crippen LogP contribution in [0.4, 0.5) is 0 Å². The van der Waals surface area contributed by atoms with Gasteiger partial charge in [0.15, 0.2) is 0 Å². The van der Waals surface area contributed by atoms with E-state index in [0.29, 0.717) is 38.8 Å². The van der Waals surface area contributed by atoms with Crippen LogP contribution in [0.25, 0.3) is 0 Å².